The third-order valence-electron chi connectivity index (χ3n) is 1.68. The van der Waals surface area contributed by atoms with Crippen LogP contribution in [0.1, 0.15) is 0 Å². The fourth-order valence-electron chi connectivity index (χ4n) is 1.06. The summed E-state index contributed by atoms with van der Waals surface area (Å²) in [4.78, 5) is 9.08. The molecule has 0 atom stereocenters. The molecule has 1 aromatic carbocycles. The van der Waals surface area contributed by atoms with Gasteiger partial charge in [-0.3, -0.25) is 0 Å². The molecule has 0 aliphatic heterocycles. The summed E-state index contributed by atoms with van der Waals surface area (Å²) in [5.41, 5.74) is 5.57. The molecule has 0 amide bonds. The van der Waals surface area contributed by atoms with Crippen molar-refractivity contribution in [2.45, 2.75) is 9.92 Å². The van der Waals surface area contributed by atoms with Gasteiger partial charge in [-0.15, -0.1) is 0 Å². The zero-order valence-electron chi connectivity index (χ0n) is 7.72. The summed E-state index contributed by atoms with van der Waals surface area (Å²) in [6.45, 7) is 0. The Morgan fingerprint density at radius 3 is 2.80 bits per heavy atom. The van der Waals surface area contributed by atoms with E-state index in [0.29, 0.717) is 5.82 Å². The number of aromatic nitrogens is 2. The van der Waals surface area contributed by atoms with Crippen molar-refractivity contribution < 1.29 is 0 Å². The summed E-state index contributed by atoms with van der Waals surface area (Å²) in [5, 5.41) is 0.848. The summed E-state index contributed by atoms with van der Waals surface area (Å²) in [6, 6.07) is 9.78. The van der Waals surface area contributed by atoms with Crippen molar-refractivity contribution in [3.63, 3.8) is 0 Å². The number of benzene rings is 1. The maximum absolute atomic E-state index is 5.57. The summed E-state index contributed by atoms with van der Waals surface area (Å²) < 4.78 is 1.05. The van der Waals surface area contributed by atoms with Gasteiger partial charge >= 0.3 is 0 Å². The van der Waals surface area contributed by atoms with Crippen LogP contribution in [0.3, 0.4) is 0 Å². The molecule has 0 saturated carbocycles. The molecule has 0 saturated heterocycles. The lowest BCUT2D eigenvalue weighted by Crippen LogP contribution is -1.91. The highest BCUT2D eigenvalue weighted by Crippen LogP contribution is 2.28. The van der Waals surface area contributed by atoms with Crippen LogP contribution in [0.15, 0.2) is 51.1 Å². The highest BCUT2D eigenvalue weighted by Gasteiger charge is 2.00. The molecule has 2 aromatic rings. The lowest BCUT2D eigenvalue weighted by atomic mass is 10.4. The standard InChI is InChI=1S/C10H8BrN3S/c11-7-2-1-3-8(4-7)15-10-5-9(12)13-6-14-10/h1-6H,(H2,12,13,14). The van der Waals surface area contributed by atoms with Crippen molar-refractivity contribution in [1.29, 1.82) is 0 Å². The highest BCUT2D eigenvalue weighted by atomic mass is 79.9. The van der Waals surface area contributed by atoms with Gasteiger partial charge in [0.05, 0.1) is 0 Å². The van der Waals surface area contributed by atoms with Crippen molar-refractivity contribution in [2.75, 3.05) is 5.73 Å². The van der Waals surface area contributed by atoms with E-state index in [2.05, 4.69) is 25.9 Å². The van der Waals surface area contributed by atoms with Crippen LogP contribution >= 0.6 is 27.7 Å². The second-order valence-electron chi connectivity index (χ2n) is 2.84. The molecule has 76 valence electrons. The molecule has 0 aliphatic carbocycles. The van der Waals surface area contributed by atoms with E-state index in [-0.39, 0.29) is 0 Å². The zero-order chi connectivity index (χ0) is 10.7. The fourth-order valence-corrected chi connectivity index (χ4v) is 2.46. The minimum atomic E-state index is 0.488. The number of hydrogen-bond acceptors (Lipinski definition) is 4. The van der Waals surface area contributed by atoms with E-state index in [0.717, 1.165) is 14.4 Å². The van der Waals surface area contributed by atoms with E-state index < -0.39 is 0 Å². The molecule has 5 heteroatoms. The Labute approximate surface area is 100 Å². The predicted molar refractivity (Wildman–Crippen MR) is 64.7 cm³/mol. The zero-order valence-corrected chi connectivity index (χ0v) is 10.1. The van der Waals surface area contributed by atoms with Crippen LogP contribution in [0.5, 0.6) is 0 Å². The first-order valence-corrected chi connectivity index (χ1v) is 5.86. The van der Waals surface area contributed by atoms with Crippen LogP contribution in [-0.4, -0.2) is 9.97 Å². The number of halogens is 1. The summed E-state index contributed by atoms with van der Waals surface area (Å²) in [6.07, 6.45) is 1.47. The molecule has 0 fully saturated rings. The van der Waals surface area contributed by atoms with Gasteiger partial charge in [0.2, 0.25) is 0 Å². The van der Waals surface area contributed by atoms with E-state index in [9.17, 15) is 0 Å². The van der Waals surface area contributed by atoms with E-state index in [1.165, 1.54) is 6.33 Å². The van der Waals surface area contributed by atoms with Gasteiger partial charge in [-0.2, -0.15) is 0 Å². The fraction of sp³-hybridized carbons (Fsp3) is 0. The molecule has 1 heterocycles. The maximum atomic E-state index is 5.57. The molecule has 2 rings (SSSR count). The third kappa shape index (κ3) is 2.94. The average Bonchev–Trinajstić information content (AvgIpc) is 2.17. The monoisotopic (exact) mass is 281 g/mol. The van der Waals surface area contributed by atoms with Gasteiger partial charge in [0.1, 0.15) is 17.2 Å². The maximum Gasteiger partial charge on any atom is 0.127 e. The molecule has 0 bridgehead atoms. The van der Waals surface area contributed by atoms with Crippen LogP contribution in [-0.2, 0) is 0 Å². The Hall–Kier alpha value is -1.07. The number of hydrogen-bond donors (Lipinski definition) is 1. The van der Waals surface area contributed by atoms with Crippen molar-refractivity contribution in [3.8, 4) is 0 Å². The molecular weight excluding hydrogens is 274 g/mol. The first kappa shape index (κ1) is 10.4. The largest absolute Gasteiger partial charge is 0.384 e. The van der Waals surface area contributed by atoms with Gasteiger partial charge in [-0.25, -0.2) is 9.97 Å². The van der Waals surface area contributed by atoms with Crippen molar-refractivity contribution in [1.82, 2.24) is 9.97 Å². The lowest BCUT2D eigenvalue weighted by Gasteiger charge is -2.01. The number of nitrogen functional groups attached to an aromatic ring is 1. The molecule has 0 spiro atoms. The van der Waals surface area contributed by atoms with E-state index >= 15 is 0 Å². The number of anilines is 1. The van der Waals surface area contributed by atoms with Gasteiger partial charge in [0.15, 0.2) is 0 Å². The topological polar surface area (TPSA) is 51.8 Å². The second-order valence-corrected chi connectivity index (χ2v) is 4.85. The molecule has 15 heavy (non-hydrogen) atoms. The Kier molecular flexibility index (Phi) is 3.23. The molecular formula is C10H8BrN3S. The highest BCUT2D eigenvalue weighted by molar-refractivity contribution is 9.10. The second kappa shape index (κ2) is 4.63. The first-order chi connectivity index (χ1) is 7.24. The van der Waals surface area contributed by atoms with Gasteiger partial charge < -0.3 is 5.73 Å². The van der Waals surface area contributed by atoms with Crippen LogP contribution in [0.4, 0.5) is 5.82 Å². The minimum Gasteiger partial charge on any atom is -0.384 e. The predicted octanol–water partition coefficient (Wildman–Crippen LogP) is 2.97. The molecule has 1 aromatic heterocycles. The minimum absolute atomic E-state index is 0.488. The van der Waals surface area contributed by atoms with Gasteiger partial charge in [-0.05, 0) is 18.2 Å². The summed E-state index contributed by atoms with van der Waals surface area (Å²) >= 11 is 4.97. The van der Waals surface area contributed by atoms with E-state index in [1.807, 2.05) is 24.3 Å². The van der Waals surface area contributed by atoms with Crippen LogP contribution < -0.4 is 5.73 Å². The molecule has 0 radical (unpaired) electrons. The molecule has 2 N–H and O–H groups in total. The Bertz CT molecular complexity index is 432. The Morgan fingerprint density at radius 2 is 2.07 bits per heavy atom. The van der Waals surface area contributed by atoms with Crippen molar-refractivity contribution in [2.24, 2.45) is 0 Å². The normalized spacial score (nSPS) is 10.2. The Morgan fingerprint density at radius 1 is 1.20 bits per heavy atom. The average molecular weight is 282 g/mol. The van der Waals surface area contributed by atoms with Crippen LogP contribution in [0.25, 0.3) is 0 Å². The van der Waals surface area contributed by atoms with Crippen LogP contribution in [0, 0.1) is 0 Å². The van der Waals surface area contributed by atoms with Crippen molar-refractivity contribution >= 4 is 33.5 Å². The quantitative estimate of drug-likeness (QED) is 0.860. The number of nitrogens with two attached hydrogens (primary N) is 1. The van der Waals surface area contributed by atoms with Crippen LogP contribution in [0.2, 0.25) is 0 Å². The SMILES string of the molecule is Nc1cc(Sc2cccc(Br)c2)ncn1. The lowest BCUT2D eigenvalue weighted by molar-refractivity contribution is 1.05. The molecule has 0 unspecified atom stereocenters. The van der Waals surface area contributed by atoms with Crippen molar-refractivity contribution in [3.05, 3.63) is 41.1 Å². The van der Waals surface area contributed by atoms with Gasteiger partial charge in [0, 0.05) is 15.4 Å². The molecule has 3 nitrogen and oxygen atoms in total. The van der Waals surface area contributed by atoms with Gasteiger partial charge in [-0.1, -0.05) is 33.8 Å². The van der Waals surface area contributed by atoms with Gasteiger partial charge in [0.25, 0.3) is 0 Å². The van der Waals surface area contributed by atoms with E-state index in [4.69, 9.17) is 5.73 Å². The smallest absolute Gasteiger partial charge is 0.127 e. The summed E-state index contributed by atoms with van der Waals surface area (Å²) in [7, 11) is 0. The number of rotatable bonds is 2. The first-order valence-electron chi connectivity index (χ1n) is 4.25. The summed E-state index contributed by atoms with van der Waals surface area (Å²) in [5.74, 6) is 0.488. The van der Waals surface area contributed by atoms with E-state index in [1.54, 1.807) is 17.8 Å². The number of nitrogens with zero attached hydrogens (tertiary/aromatic N) is 2. The third-order valence-corrected chi connectivity index (χ3v) is 3.10. The Balaban J connectivity index is 2.22. The molecule has 0 aliphatic rings.